The number of halogens is 1. The van der Waals surface area contributed by atoms with Gasteiger partial charge in [0.05, 0.1) is 28.5 Å². The summed E-state index contributed by atoms with van der Waals surface area (Å²) in [7, 11) is 1.51. The van der Waals surface area contributed by atoms with Crippen molar-refractivity contribution >= 4 is 40.9 Å². The predicted octanol–water partition coefficient (Wildman–Crippen LogP) is 1.94. The standard InChI is InChI=1S/C26H24ClN3O6S/c1-15-22(25(33)35-11-10-34-2)23(17-6-8-18(27)9-7-17)30-24(32)20(37-26(30)29-15)13-16-4-3-5-19(12-16)36-14-21(28)31/h3-9,12-13,23H,10-11,14H2,1-2H3,(H2,28,31). The number of ether oxygens (including phenoxy) is 3. The first-order valence-corrected chi connectivity index (χ1v) is 12.4. The summed E-state index contributed by atoms with van der Waals surface area (Å²) in [6.07, 6.45) is 1.70. The lowest BCUT2D eigenvalue weighted by Crippen LogP contribution is -2.40. The van der Waals surface area contributed by atoms with Gasteiger partial charge in [-0.3, -0.25) is 14.2 Å². The number of esters is 1. The number of primary amides is 1. The Morgan fingerprint density at radius 3 is 2.65 bits per heavy atom. The maximum atomic E-state index is 13.7. The summed E-state index contributed by atoms with van der Waals surface area (Å²) in [5, 5.41) is 0.527. The van der Waals surface area contributed by atoms with Crippen molar-refractivity contribution in [2.45, 2.75) is 13.0 Å². The number of thiazole rings is 1. The van der Waals surface area contributed by atoms with Crippen LogP contribution in [0, 0.1) is 0 Å². The first-order valence-electron chi connectivity index (χ1n) is 11.2. The van der Waals surface area contributed by atoms with Crippen molar-refractivity contribution in [1.82, 2.24) is 4.57 Å². The number of carbonyl (C=O) groups excluding carboxylic acids is 2. The summed E-state index contributed by atoms with van der Waals surface area (Å²) < 4.78 is 17.7. The Hall–Kier alpha value is -3.73. The minimum absolute atomic E-state index is 0.0675. The van der Waals surface area contributed by atoms with Gasteiger partial charge in [0.15, 0.2) is 11.4 Å². The van der Waals surface area contributed by atoms with Crippen LogP contribution in [-0.4, -0.2) is 43.4 Å². The summed E-state index contributed by atoms with van der Waals surface area (Å²) in [4.78, 5) is 42.8. The van der Waals surface area contributed by atoms with Gasteiger partial charge in [0.25, 0.3) is 11.5 Å². The molecule has 2 heterocycles. The summed E-state index contributed by atoms with van der Waals surface area (Å²) in [6.45, 7) is 1.77. The molecule has 0 radical (unpaired) electrons. The van der Waals surface area contributed by atoms with E-state index in [0.717, 1.165) is 0 Å². The molecule has 4 rings (SSSR count). The number of carbonyl (C=O) groups is 2. The van der Waals surface area contributed by atoms with Gasteiger partial charge in [0.1, 0.15) is 12.4 Å². The molecule has 1 amide bonds. The Morgan fingerprint density at radius 1 is 1.19 bits per heavy atom. The molecule has 1 aliphatic heterocycles. The average Bonchev–Trinajstić information content (AvgIpc) is 3.17. The van der Waals surface area contributed by atoms with Gasteiger partial charge in [-0.15, -0.1) is 0 Å². The van der Waals surface area contributed by atoms with Crippen molar-refractivity contribution < 1.29 is 23.8 Å². The molecule has 0 saturated heterocycles. The van der Waals surface area contributed by atoms with Crippen LogP contribution in [-0.2, 0) is 19.1 Å². The van der Waals surface area contributed by atoms with Crippen LogP contribution >= 0.6 is 22.9 Å². The molecule has 2 aromatic carbocycles. The van der Waals surface area contributed by atoms with Crippen molar-refractivity contribution in [3.8, 4) is 5.75 Å². The van der Waals surface area contributed by atoms with Crippen LogP contribution in [0.25, 0.3) is 6.08 Å². The van der Waals surface area contributed by atoms with Crippen LogP contribution in [0.3, 0.4) is 0 Å². The van der Waals surface area contributed by atoms with Crippen LogP contribution in [0.15, 0.2) is 69.6 Å². The first-order chi connectivity index (χ1) is 17.8. The minimum Gasteiger partial charge on any atom is -0.484 e. The highest BCUT2D eigenvalue weighted by Gasteiger charge is 2.33. The third-order valence-corrected chi connectivity index (χ3v) is 6.72. The molecule has 1 aromatic heterocycles. The summed E-state index contributed by atoms with van der Waals surface area (Å²) in [5.41, 5.74) is 6.92. The largest absolute Gasteiger partial charge is 0.484 e. The average molecular weight is 542 g/mol. The van der Waals surface area contributed by atoms with Gasteiger partial charge in [0.2, 0.25) is 0 Å². The van der Waals surface area contributed by atoms with E-state index in [1.807, 2.05) is 0 Å². The lowest BCUT2D eigenvalue weighted by Gasteiger charge is -2.24. The highest BCUT2D eigenvalue weighted by atomic mass is 35.5. The molecule has 37 heavy (non-hydrogen) atoms. The number of fused-ring (bicyclic) bond motifs is 1. The zero-order valence-electron chi connectivity index (χ0n) is 20.1. The molecule has 192 valence electrons. The third-order valence-electron chi connectivity index (χ3n) is 5.48. The zero-order valence-corrected chi connectivity index (χ0v) is 21.7. The second-order valence-electron chi connectivity index (χ2n) is 8.09. The topological polar surface area (TPSA) is 122 Å². The van der Waals surface area contributed by atoms with Gasteiger partial charge in [-0.2, -0.15) is 0 Å². The SMILES string of the molecule is COCCOC(=O)C1=C(C)N=c2sc(=Cc3cccc(OCC(N)=O)c3)c(=O)n2C1c1ccc(Cl)cc1. The summed E-state index contributed by atoms with van der Waals surface area (Å²) in [5.74, 6) is -0.726. The molecule has 0 aliphatic carbocycles. The number of rotatable bonds is 9. The molecular weight excluding hydrogens is 518 g/mol. The molecule has 0 spiro atoms. The quantitative estimate of drug-likeness (QED) is 0.326. The minimum atomic E-state index is -0.754. The number of allylic oxidation sites excluding steroid dienone is 1. The zero-order chi connectivity index (χ0) is 26.5. The van der Waals surface area contributed by atoms with Gasteiger partial charge >= 0.3 is 5.97 Å². The van der Waals surface area contributed by atoms with E-state index in [4.69, 9.17) is 31.5 Å². The Kier molecular flexibility index (Phi) is 8.22. The first kappa shape index (κ1) is 26.3. The molecular formula is C26H24ClN3O6S. The Bertz CT molecular complexity index is 1540. The summed E-state index contributed by atoms with van der Waals surface area (Å²) >= 11 is 7.30. The van der Waals surface area contributed by atoms with Crippen molar-refractivity contribution in [2.75, 3.05) is 26.9 Å². The summed E-state index contributed by atoms with van der Waals surface area (Å²) in [6, 6.07) is 13.1. The van der Waals surface area contributed by atoms with E-state index in [-0.39, 0.29) is 31.0 Å². The monoisotopic (exact) mass is 541 g/mol. The van der Waals surface area contributed by atoms with E-state index in [1.54, 1.807) is 61.5 Å². The molecule has 2 N–H and O–H groups in total. The van der Waals surface area contributed by atoms with E-state index < -0.39 is 17.9 Å². The number of amides is 1. The van der Waals surface area contributed by atoms with Gasteiger partial charge in [0, 0.05) is 12.1 Å². The number of nitrogens with two attached hydrogens (primary N) is 1. The Labute approximate surface area is 221 Å². The number of benzene rings is 2. The van der Waals surface area contributed by atoms with Crippen molar-refractivity contribution in [3.63, 3.8) is 0 Å². The second-order valence-corrected chi connectivity index (χ2v) is 9.54. The normalized spacial score (nSPS) is 15.2. The predicted molar refractivity (Wildman–Crippen MR) is 139 cm³/mol. The number of methoxy groups -OCH3 is 1. The van der Waals surface area contributed by atoms with Gasteiger partial charge in [-0.25, -0.2) is 9.79 Å². The molecule has 3 aromatic rings. The van der Waals surface area contributed by atoms with Crippen LogP contribution < -0.4 is 25.4 Å². The smallest absolute Gasteiger partial charge is 0.338 e. The van der Waals surface area contributed by atoms with Crippen LogP contribution in [0.2, 0.25) is 5.02 Å². The van der Waals surface area contributed by atoms with E-state index in [1.165, 1.54) is 23.0 Å². The lowest BCUT2D eigenvalue weighted by atomic mass is 9.96. The third kappa shape index (κ3) is 5.99. The van der Waals surface area contributed by atoms with E-state index in [9.17, 15) is 14.4 Å². The maximum absolute atomic E-state index is 13.7. The Morgan fingerprint density at radius 2 is 1.95 bits per heavy atom. The maximum Gasteiger partial charge on any atom is 0.338 e. The van der Waals surface area contributed by atoms with Crippen molar-refractivity contribution in [1.29, 1.82) is 0 Å². The second kappa shape index (κ2) is 11.5. The van der Waals surface area contributed by atoms with E-state index >= 15 is 0 Å². The molecule has 1 unspecified atom stereocenters. The van der Waals surface area contributed by atoms with Crippen molar-refractivity contribution in [2.24, 2.45) is 10.7 Å². The molecule has 0 saturated carbocycles. The fraction of sp³-hybridized carbons (Fsp3) is 0.231. The van der Waals surface area contributed by atoms with Gasteiger partial charge in [-0.05, 0) is 48.4 Å². The van der Waals surface area contributed by atoms with Crippen LogP contribution in [0.1, 0.15) is 24.1 Å². The number of hydrogen-bond donors (Lipinski definition) is 1. The van der Waals surface area contributed by atoms with E-state index in [2.05, 4.69) is 4.99 Å². The van der Waals surface area contributed by atoms with E-state index in [0.29, 0.717) is 36.9 Å². The fourth-order valence-electron chi connectivity index (χ4n) is 3.84. The molecule has 0 bridgehead atoms. The highest BCUT2D eigenvalue weighted by molar-refractivity contribution is 7.07. The van der Waals surface area contributed by atoms with Crippen LogP contribution in [0.5, 0.6) is 5.75 Å². The number of hydrogen-bond acceptors (Lipinski definition) is 8. The molecule has 1 atom stereocenters. The molecule has 0 fully saturated rings. The Balaban J connectivity index is 1.81. The van der Waals surface area contributed by atoms with Crippen LogP contribution in [0.4, 0.5) is 0 Å². The molecule has 9 nitrogen and oxygen atoms in total. The molecule has 11 heteroatoms. The fourth-order valence-corrected chi connectivity index (χ4v) is 5.01. The molecule has 1 aliphatic rings. The lowest BCUT2D eigenvalue weighted by molar-refractivity contribution is -0.140. The van der Waals surface area contributed by atoms with Crippen molar-refractivity contribution in [3.05, 3.63) is 95.6 Å². The van der Waals surface area contributed by atoms with Gasteiger partial charge < -0.3 is 19.9 Å². The van der Waals surface area contributed by atoms with Gasteiger partial charge in [-0.1, -0.05) is 47.2 Å². The highest BCUT2D eigenvalue weighted by Crippen LogP contribution is 2.31. The number of nitrogens with zero attached hydrogens (tertiary/aromatic N) is 2. The number of aromatic nitrogens is 1.